The molecule has 4 rings (SSSR count). The molecule has 0 aliphatic heterocycles. The Balaban J connectivity index is 1.75. The normalized spacial score (nSPS) is 10.9. The Kier molecular flexibility index (Phi) is 7.73. The van der Waals surface area contributed by atoms with Gasteiger partial charge in [-0.05, 0) is 48.1 Å². The minimum atomic E-state index is -0.487. The summed E-state index contributed by atoms with van der Waals surface area (Å²) in [5.41, 5.74) is 2.79. The standard InChI is InChI=1S/C27H27NO5S2/c1-5-9-18-17-10-7-8-11-22(17)35-24(18)25(29)28-26-23(27(30)33-6-2)19(15-34-26)16-12-13-20(31-3)21(14-16)32-4/h7-8,10-15H,5-6,9H2,1-4H3,(H,28,29). The highest BCUT2D eigenvalue weighted by atomic mass is 32.1. The van der Waals surface area contributed by atoms with Crippen molar-refractivity contribution in [2.24, 2.45) is 0 Å². The monoisotopic (exact) mass is 509 g/mol. The second-order valence-corrected chi connectivity index (χ2v) is 9.69. The zero-order chi connectivity index (χ0) is 24.9. The molecule has 0 aliphatic carbocycles. The average Bonchev–Trinajstić information content (AvgIpc) is 3.46. The molecule has 0 radical (unpaired) electrons. The molecule has 2 heterocycles. The molecule has 0 saturated carbocycles. The van der Waals surface area contributed by atoms with Crippen LogP contribution in [0.1, 0.15) is 45.9 Å². The number of ether oxygens (including phenoxy) is 3. The molecule has 8 heteroatoms. The van der Waals surface area contributed by atoms with E-state index in [4.69, 9.17) is 14.2 Å². The van der Waals surface area contributed by atoms with Gasteiger partial charge in [-0.15, -0.1) is 22.7 Å². The van der Waals surface area contributed by atoms with Crippen LogP contribution < -0.4 is 14.8 Å². The average molecular weight is 510 g/mol. The lowest BCUT2D eigenvalue weighted by Crippen LogP contribution is -2.15. The first-order valence-electron chi connectivity index (χ1n) is 11.3. The Morgan fingerprint density at radius 2 is 1.77 bits per heavy atom. The first-order chi connectivity index (χ1) is 17.0. The number of amides is 1. The molecular formula is C27H27NO5S2. The van der Waals surface area contributed by atoms with Gasteiger partial charge in [0.05, 0.1) is 25.7 Å². The van der Waals surface area contributed by atoms with Crippen LogP contribution >= 0.6 is 22.7 Å². The fourth-order valence-electron chi connectivity index (χ4n) is 4.01. The number of anilines is 1. The van der Waals surface area contributed by atoms with Gasteiger partial charge in [-0.2, -0.15) is 0 Å². The van der Waals surface area contributed by atoms with Gasteiger partial charge in [0.25, 0.3) is 5.91 Å². The summed E-state index contributed by atoms with van der Waals surface area (Å²) in [4.78, 5) is 27.1. The van der Waals surface area contributed by atoms with Crippen LogP contribution in [0.4, 0.5) is 5.00 Å². The third kappa shape index (κ3) is 4.90. The van der Waals surface area contributed by atoms with Crippen LogP contribution in [0.3, 0.4) is 0 Å². The van der Waals surface area contributed by atoms with Crippen molar-refractivity contribution >= 4 is 49.6 Å². The van der Waals surface area contributed by atoms with E-state index < -0.39 is 5.97 Å². The summed E-state index contributed by atoms with van der Waals surface area (Å²) < 4.78 is 17.2. The highest BCUT2D eigenvalue weighted by Gasteiger charge is 2.25. The summed E-state index contributed by atoms with van der Waals surface area (Å²) in [6.45, 7) is 4.08. The molecule has 2 aromatic heterocycles. The predicted molar refractivity (Wildman–Crippen MR) is 143 cm³/mol. The van der Waals surface area contributed by atoms with Crippen molar-refractivity contribution in [2.45, 2.75) is 26.7 Å². The van der Waals surface area contributed by atoms with Gasteiger partial charge >= 0.3 is 5.97 Å². The van der Waals surface area contributed by atoms with Gasteiger partial charge in [0.1, 0.15) is 10.6 Å². The number of hydrogen-bond acceptors (Lipinski definition) is 7. The number of esters is 1. The molecule has 1 amide bonds. The summed E-state index contributed by atoms with van der Waals surface area (Å²) in [5.74, 6) is 0.428. The topological polar surface area (TPSA) is 73.9 Å². The first kappa shape index (κ1) is 24.8. The van der Waals surface area contributed by atoms with Crippen LogP contribution in [0.25, 0.3) is 21.2 Å². The molecular weight excluding hydrogens is 482 g/mol. The number of thiophene rings is 2. The van der Waals surface area contributed by atoms with E-state index in [0.717, 1.165) is 34.1 Å². The number of carbonyl (C=O) groups is 2. The zero-order valence-electron chi connectivity index (χ0n) is 20.1. The largest absolute Gasteiger partial charge is 0.493 e. The fraction of sp³-hybridized carbons (Fsp3) is 0.259. The molecule has 0 fully saturated rings. The van der Waals surface area contributed by atoms with E-state index >= 15 is 0 Å². The van der Waals surface area contributed by atoms with E-state index in [1.165, 1.54) is 22.7 Å². The highest BCUT2D eigenvalue weighted by molar-refractivity contribution is 7.21. The second-order valence-electron chi connectivity index (χ2n) is 7.75. The lowest BCUT2D eigenvalue weighted by atomic mass is 10.0. The number of aryl methyl sites for hydroxylation is 1. The van der Waals surface area contributed by atoms with Crippen molar-refractivity contribution in [1.82, 2.24) is 0 Å². The molecule has 0 aliphatic rings. The van der Waals surface area contributed by atoms with E-state index in [2.05, 4.69) is 18.3 Å². The molecule has 2 aromatic carbocycles. The number of nitrogens with one attached hydrogen (secondary N) is 1. The molecule has 182 valence electrons. The van der Waals surface area contributed by atoms with E-state index in [0.29, 0.717) is 32.5 Å². The summed E-state index contributed by atoms with van der Waals surface area (Å²) in [6, 6.07) is 13.5. The van der Waals surface area contributed by atoms with Crippen molar-refractivity contribution in [3.05, 3.63) is 63.8 Å². The minimum Gasteiger partial charge on any atom is -0.493 e. The summed E-state index contributed by atoms with van der Waals surface area (Å²) in [5, 5.41) is 6.41. The molecule has 0 bridgehead atoms. The van der Waals surface area contributed by atoms with Crippen LogP contribution in [-0.4, -0.2) is 32.7 Å². The van der Waals surface area contributed by atoms with Gasteiger partial charge in [0.15, 0.2) is 11.5 Å². The second kappa shape index (κ2) is 10.9. The number of fused-ring (bicyclic) bond motifs is 1. The summed E-state index contributed by atoms with van der Waals surface area (Å²) in [6.07, 6.45) is 1.73. The van der Waals surface area contributed by atoms with E-state index in [-0.39, 0.29) is 12.5 Å². The van der Waals surface area contributed by atoms with Crippen LogP contribution in [0.2, 0.25) is 0 Å². The van der Waals surface area contributed by atoms with Crippen LogP contribution in [0.5, 0.6) is 11.5 Å². The number of rotatable bonds is 9. The molecule has 4 aromatic rings. The first-order valence-corrected chi connectivity index (χ1v) is 13.0. The number of hydrogen-bond donors (Lipinski definition) is 1. The zero-order valence-corrected chi connectivity index (χ0v) is 21.7. The summed E-state index contributed by atoms with van der Waals surface area (Å²) >= 11 is 2.77. The van der Waals surface area contributed by atoms with Crippen molar-refractivity contribution in [3.8, 4) is 22.6 Å². The van der Waals surface area contributed by atoms with Gasteiger partial charge in [-0.3, -0.25) is 4.79 Å². The van der Waals surface area contributed by atoms with Crippen molar-refractivity contribution in [1.29, 1.82) is 0 Å². The van der Waals surface area contributed by atoms with Gasteiger partial charge < -0.3 is 19.5 Å². The number of carbonyl (C=O) groups excluding carboxylic acids is 2. The number of benzene rings is 2. The molecule has 6 nitrogen and oxygen atoms in total. The van der Waals surface area contributed by atoms with Crippen LogP contribution in [-0.2, 0) is 11.2 Å². The Bertz CT molecular complexity index is 1370. The van der Waals surface area contributed by atoms with Gasteiger partial charge in [-0.25, -0.2) is 4.79 Å². The predicted octanol–water partition coefficient (Wildman–Crippen LogP) is 7.03. The molecule has 1 N–H and O–H groups in total. The Morgan fingerprint density at radius 3 is 2.49 bits per heavy atom. The Hall–Kier alpha value is -3.36. The van der Waals surface area contributed by atoms with Crippen molar-refractivity contribution < 1.29 is 23.8 Å². The lowest BCUT2D eigenvalue weighted by Gasteiger charge is -2.11. The quantitative estimate of drug-likeness (QED) is 0.245. The van der Waals surface area contributed by atoms with Gasteiger partial charge in [0.2, 0.25) is 0 Å². The molecule has 0 unspecified atom stereocenters. The SMILES string of the molecule is CCCc1c(C(=O)Nc2scc(-c3ccc(OC)c(OC)c3)c2C(=O)OCC)sc2ccccc12. The van der Waals surface area contributed by atoms with Crippen LogP contribution in [0, 0.1) is 0 Å². The molecule has 0 atom stereocenters. The minimum absolute atomic E-state index is 0.221. The van der Waals surface area contributed by atoms with E-state index in [9.17, 15) is 9.59 Å². The van der Waals surface area contributed by atoms with Gasteiger partial charge in [-0.1, -0.05) is 37.6 Å². The highest BCUT2D eigenvalue weighted by Crippen LogP contribution is 2.40. The Labute approximate surface area is 212 Å². The fourth-order valence-corrected chi connectivity index (χ4v) is 6.11. The Morgan fingerprint density at radius 1 is 1.00 bits per heavy atom. The smallest absolute Gasteiger partial charge is 0.341 e. The molecule has 0 saturated heterocycles. The maximum absolute atomic E-state index is 13.5. The maximum atomic E-state index is 13.5. The van der Waals surface area contributed by atoms with Crippen molar-refractivity contribution in [2.75, 3.05) is 26.1 Å². The van der Waals surface area contributed by atoms with E-state index in [1.54, 1.807) is 33.3 Å². The third-order valence-corrected chi connectivity index (χ3v) is 7.70. The lowest BCUT2D eigenvalue weighted by molar-refractivity contribution is 0.0529. The molecule has 35 heavy (non-hydrogen) atoms. The van der Waals surface area contributed by atoms with Crippen LogP contribution in [0.15, 0.2) is 47.8 Å². The number of methoxy groups -OCH3 is 2. The van der Waals surface area contributed by atoms with Gasteiger partial charge in [0, 0.05) is 15.6 Å². The maximum Gasteiger partial charge on any atom is 0.341 e. The third-order valence-electron chi connectivity index (χ3n) is 5.60. The van der Waals surface area contributed by atoms with Crippen molar-refractivity contribution in [3.63, 3.8) is 0 Å². The summed E-state index contributed by atoms with van der Waals surface area (Å²) in [7, 11) is 3.13. The van der Waals surface area contributed by atoms with E-state index in [1.807, 2.05) is 29.6 Å². The molecule has 0 spiro atoms.